The van der Waals surface area contributed by atoms with Gasteiger partial charge < -0.3 is 23.4 Å². The largest absolute Gasteiger partial charge is 0.493 e. The van der Waals surface area contributed by atoms with Gasteiger partial charge in [0, 0.05) is 38.2 Å². The molecule has 0 amide bonds. The molecule has 1 aliphatic heterocycles. The number of oxazole rings is 1. The van der Waals surface area contributed by atoms with Crippen molar-refractivity contribution in [1.29, 1.82) is 5.26 Å². The van der Waals surface area contributed by atoms with Crippen LogP contribution in [0, 0.1) is 11.3 Å². The summed E-state index contributed by atoms with van der Waals surface area (Å²) in [5.74, 6) is 2.06. The normalized spacial score (nSPS) is 16.0. The van der Waals surface area contributed by atoms with Crippen LogP contribution in [0.2, 0.25) is 0 Å². The molecular formula is C21H27N3O5. The van der Waals surface area contributed by atoms with Gasteiger partial charge in [-0.3, -0.25) is 4.90 Å². The van der Waals surface area contributed by atoms with E-state index in [1.807, 2.05) is 0 Å². The average Bonchev–Trinajstić information content (AvgIpc) is 3.43. The lowest BCUT2D eigenvalue weighted by Gasteiger charge is -2.23. The summed E-state index contributed by atoms with van der Waals surface area (Å²) in [7, 11) is 4.70. The summed E-state index contributed by atoms with van der Waals surface area (Å²) in [6.45, 7) is 2.86. The van der Waals surface area contributed by atoms with Gasteiger partial charge in [-0.1, -0.05) is 0 Å². The van der Waals surface area contributed by atoms with Crippen molar-refractivity contribution in [2.45, 2.75) is 31.9 Å². The lowest BCUT2D eigenvalue weighted by Crippen LogP contribution is -2.32. The lowest BCUT2D eigenvalue weighted by atomic mass is 10.2. The van der Waals surface area contributed by atoms with Gasteiger partial charge >= 0.3 is 0 Å². The molecule has 0 bridgehead atoms. The van der Waals surface area contributed by atoms with Gasteiger partial charge in [-0.05, 0) is 25.0 Å². The zero-order chi connectivity index (χ0) is 20.6. The molecule has 0 N–H and O–H groups in total. The highest BCUT2D eigenvalue weighted by molar-refractivity contribution is 5.65. The molecule has 2 heterocycles. The maximum atomic E-state index is 8.96. The Bertz CT molecular complexity index is 814. The van der Waals surface area contributed by atoms with E-state index in [1.54, 1.807) is 39.7 Å². The quantitative estimate of drug-likeness (QED) is 0.599. The minimum Gasteiger partial charge on any atom is -0.493 e. The van der Waals surface area contributed by atoms with Crippen LogP contribution in [0.3, 0.4) is 0 Å². The first-order chi connectivity index (χ1) is 14.2. The van der Waals surface area contributed by atoms with Crippen molar-refractivity contribution in [2.24, 2.45) is 0 Å². The zero-order valence-corrected chi connectivity index (χ0v) is 17.1. The van der Waals surface area contributed by atoms with E-state index in [-0.39, 0.29) is 6.10 Å². The summed E-state index contributed by atoms with van der Waals surface area (Å²) in [5.41, 5.74) is 1.53. The molecule has 0 spiro atoms. The van der Waals surface area contributed by atoms with Gasteiger partial charge in [0.05, 0.1) is 39.2 Å². The van der Waals surface area contributed by atoms with Gasteiger partial charge in [-0.15, -0.1) is 0 Å². The third-order valence-electron chi connectivity index (χ3n) is 4.87. The number of ether oxygens (including phenoxy) is 4. The number of hydrogen-bond acceptors (Lipinski definition) is 8. The topological polar surface area (TPSA) is 90.0 Å². The Hall–Kier alpha value is -2.76. The molecule has 1 saturated heterocycles. The third-order valence-corrected chi connectivity index (χ3v) is 4.87. The summed E-state index contributed by atoms with van der Waals surface area (Å²) in [5, 5.41) is 8.96. The first kappa shape index (κ1) is 21.0. The smallest absolute Gasteiger partial charge is 0.226 e. The van der Waals surface area contributed by atoms with E-state index in [0.29, 0.717) is 42.6 Å². The standard InChI is InChI=1S/C21H27N3O5/c1-25-18-10-15(11-19(26-2)20(18)27-3)21-23-16(14-29-21)12-24(8-5-7-22)13-17-6-4-9-28-17/h10-11,14,17H,4-6,8-9,12-13H2,1-3H3. The van der Waals surface area contributed by atoms with Crippen molar-refractivity contribution >= 4 is 0 Å². The van der Waals surface area contributed by atoms with Gasteiger partial charge in [0.15, 0.2) is 11.5 Å². The highest BCUT2D eigenvalue weighted by Gasteiger charge is 2.21. The van der Waals surface area contributed by atoms with Gasteiger partial charge in [-0.2, -0.15) is 5.26 Å². The van der Waals surface area contributed by atoms with Crippen LogP contribution in [-0.2, 0) is 11.3 Å². The minimum atomic E-state index is 0.218. The molecule has 0 saturated carbocycles. The molecule has 3 rings (SSSR count). The molecule has 1 atom stereocenters. The van der Waals surface area contributed by atoms with Gasteiger partial charge in [0.2, 0.25) is 11.6 Å². The Kier molecular flexibility index (Phi) is 7.33. The van der Waals surface area contributed by atoms with E-state index >= 15 is 0 Å². The Morgan fingerprint density at radius 3 is 2.55 bits per heavy atom. The van der Waals surface area contributed by atoms with E-state index in [4.69, 9.17) is 28.6 Å². The summed E-state index contributed by atoms with van der Waals surface area (Å²) < 4.78 is 27.6. The number of aromatic nitrogens is 1. The highest BCUT2D eigenvalue weighted by Crippen LogP contribution is 2.41. The van der Waals surface area contributed by atoms with Crippen LogP contribution in [0.15, 0.2) is 22.8 Å². The van der Waals surface area contributed by atoms with Crippen molar-refractivity contribution in [3.05, 3.63) is 24.1 Å². The molecule has 1 fully saturated rings. The Morgan fingerprint density at radius 2 is 1.97 bits per heavy atom. The molecule has 1 aromatic carbocycles. The number of nitrogens with zero attached hydrogens (tertiary/aromatic N) is 3. The average molecular weight is 401 g/mol. The second kappa shape index (κ2) is 10.1. The molecule has 156 valence electrons. The van der Waals surface area contributed by atoms with Crippen LogP contribution in [0.25, 0.3) is 11.5 Å². The van der Waals surface area contributed by atoms with Crippen LogP contribution >= 0.6 is 0 Å². The first-order valence-corrected chi connectivity index (χ1v) is 9.64. The molecule has 1 unspecified atom stereocenters. The van der Waals surface area contributed by atoms with E-state index in [9.17, 15) is 0 Å². The van der Waals surface area contributed by atoms with Crippen LogP contribution in [0.4, 0.5) is 0 Å². The highest BCUT2D eigenvalue weighted by atomic mass is 16.5. The summed E-state index contributed by atoms with van der Waals surface area (Å²) in [4.78, 5) is 6.82. The van der Waals surface area contributed by atoms with Crippen LogP contribution in [0.1, 0.15) is 25.0 Å². The summed E-state index contributed by atoms with van der Waals surface area (Å²) in [6.07, 6.45) is 4.47. The molecule has 8 heteroatoms. The van der Waals surface area contributed by atoms with Gasteiger partial charge in [0.1, 0.15) is 6.26 Å². The fourth-order valence-corrected chi connectivity index (χ4v) is 3.47. The first-order valence-electron chi connectivity index (χ1n) is 9.64. The van der Waals surface area contributed by atoms with E-state index in [1.165, 1.54) is 0 Å². The molecule has 1 aliphatic rings. The minimum absolute atomic E-state index is 0.218. The maximum absolute atomic E-state index is 8.96. The van der Waals surface area contributed by atoms with Crippen molar-refractivity contribution < 1.29 is 23.4 Å². The molecule has 8 nitrogen and oxygen atoms in total. The van der Waals surface area contributed by atoms with Crippen LogP contribution < -0.4 is 14.2 Å². The second-order valence-electron chi connectivity index (χ2n) is 6.84. The number of methoxy groups -OCH3 is 3. The number of nitriles is 1. The fraction of sp³-hybridized carbons (Fsp3) is 0.524. The van der Waals surface area contributed by atoms with Crippen LogP contribution in [-0.4, -0.2) is 57.0 Å². The zero-order valence-electron chi connectivity index (χ0n) is 17.1. The fourth-order valence-electron chi connectivity index (χ4n) is 3.47. The Labute approximate surface area is 170 Å². The predicted molar refractivity (Wildman–Crippen MR) is 106 cm³/mol. The maximum Gasteiger partial charge on any atom is 0.226 e. The van der Waals surface area contributed by atoms with Gasteiger partial charge in [0.25, 0.3) is 0 Å². The SMILES string of the molecule is COc1cc(-c2nc(CN(CCC#N)CC3CCCO3)co2)cc(OC)c1OC. The Morgan fingerprint density at radius 1 is 1.21 bits per heavy atom. The van der Waals surface area contributed by atoms with E-state index < -0.39 is 0 Å². The van der Waals surface area contributed by atoms with Crippen molar-refractivity contribution in [3.8, 4) is 34.8 Å². The van der Waals surface area contributed by atoms with Crippen molar-refractivity contribution in [3.63, 3.8) is 0 Å². The Balaban J connectivity index is 1.77. The summed E-state index contributed by atoms with van der Waals surface area (Å²) in [6, 6.07) is 5.81. The predicted octanol–water partition coefficient (Wildman–Crippen LogP) is 3.26. The molecule has 29 heavy (non-hydrogen) atoms. The molecule has 1 aromatic heterocycles. The van der Waals surface area contributed by atoms with Crippen molar-refractivity contribution in [2.75, 3.05) is 41.0 Å². The number of hydrogen-bond donors (Lipinski definition) is 0. The van der Waals surface area contributed by atoms with E-state index in [0.717, 1.165) is 37.3 Å². The third kappa shape index (κ3) is 5.19. The molecule has 2 aromatic rings. The lowest BCUT2D eigenvalue weighted by molar-refractivity contribution is 0.0709. The monoisotopic (exact) mass is 401 g/mol. The van der Waals surface area contributed by atoms with Gasteiger partial charge in [-0.25, -0.2) is 4.98 Å². The number of benzene rings is 1. The van der Waals surface area contributed by atoms with E-state index in [2.05, 4.69) is 16.0 Å². The molecular weight excluding hydrogens is 374 g/mol. The summed E-state index contributed by atoms with van der Waals surface area (Å²) >= 11 is 0. The van der Waals surface area contributed by atoms with Crippen LogP contribution in [0.5, 0.6) is 17.2 Å². The van der Waals surface area contributed by atoms with Crippen molar-refractivity contribution in [1.82, 2.24) is 9.88 Å². The molecule has 0 aliphatic carbocycles. The second-order valence-corrected chi connectivity index (χ2v) is 6.84. The molecule has 0 radical (unpaired) electrons. The number of rotatable bonds is 10.